The summed E-state index contributed by atoms with van der Waals surface area (Å²) in [5.74, 6) is 0.448. The van der Waals surface area contributed by atoms with Crippen molar-refractivity contribution < 1.29 is 15.3 Å². The van der Waals surface area contributed by atoms with Gasteiger partial charge in [-0.05, 0) is 64.6 Å². The van der Waals surface area contributed by atoms with Crippen molar-refractivity contribution in [1.82, 2.24) is 0 Å². The first-order valence-corrected chi connectivity index (χ1v) is 8.80. The SMILES string of the molecule is C=C(O)c1cccc(C(CC)=C(c2ccc(O)cc2)c2ccc(O)cc2)c1. The number of aromatic hydroxyl groups is 2. The van der Waals surface area contributed by atoms with Gasteiger partial charge in [0, 0.05) is 5.56 Å². The predicted molar refractivity (Wildman–Crippen MR) is 111 cm³/mol. The second-order valence-corrected chi connectivity index (χ2v) is 6.33. The molecule has 0 unspecified atom stereocenters. The monoisotopic (exact) mass is 358 g/mol. The minimum Gasteiger partial charge on any atom is -0.508 e. The van der Waals surface area contributed by atoms with Gasteiger partial charge >= 0.3 is 0 Å². The van der Waals surface area contributed by atoms with Crippen LogP contribution in [0.5, 0.6) is 11.5 Å². The van der Waals surface area contributed by atoms with Crippen LogP contribution in [0.3, 0.4) is 0 Å². The molecular formula is C24H22O3. The molecule has 0 bridgehead atoms. The molecule has 0 saturated carbocycles. The number of hydrogen-bond donors (Lipinski definition) is 3. The van der Waals surface area contributed by atoms with Gasteiger partial charge in [0.1, 0.15) is 17.3 Å². The highest BCUT2D eigenvalue weighted by atomic mass is 16.3. The standard InChI is InChI=1S/C24H22O3/c1-3-23(20-6-4-5-19(15-20)16(2)25)24(17-7-11-21(26)12-8-17)18-9-13-22(27)14-10-18/h4-15,25-27H,2-3H2,1H3. The lowest BCUT2D eigenvalue weighted by molar-refractivity contribution is 0.475. The van der Waals surface area contributed by atoms with Crippen LogP contribution < -0.4 is 0 Å². The molecule has 0 saturated heterocycles. The molecule has 0 heterocycles. The van der Waals surface area contributed by atoms with E-state index in [1.165, 1.54) is 0 Å². The summed E-state index contributed by atoms with van der Waals surface area (Å²) in [4.78, 5) is 0. The molecule has 3 N–H and O–H groups in total. The molecule has 0 aliphatic heterocycles. The zero-order valence-corrected chi connectivity index (χ0v) is 15.2. The van der Waals surface area contributed by atoms with E-state index in [1.54, 1.807) is 24.3 Å². The quantitative estimate of drug-likeness (QED) is 0.387. The Kier molecular flexibility index (Phi) is 5.32. The highest BCUT2D eigenvalue weighted by molar-refractivity contribution is 5.98. The van der Waals surface area contributed by atoms with Gasteiger partial charge in [0.2, 0.25) is 0 Å². The van der Waals surface area contributed by atoms with Crippen molar-refractivity contribution in [3.05, 3.63) is 102 Å². The van der Waals surface area contributed by atoms with Crippen molar-refractivity contribution in [2.24, 2.45) is 0 Å². The Balaban J connectivity index is 2.28. The van der Waals surface area contributed by atoms with E-state index in [9.17, 15) is 15.3 Å². The molecule has 136 valence electrons. The number of rotatable bonds is 5. The number of hydrogen-bond acceptors (Lipinski definition) is 3. The Hall–Kier alpha value is -3.46. The fourth-order valence-electron chi connectivity index (χ4n) is 3.18. The normalized spacial score (nSPS) is 10.4. The summed E-state index contributed by atoms with van der Waals surface area (Å²) in [5, 5.41) is 29.1. The summed E-state index contributed by atoms with van der Waals surface area (Å²) in [6.07, 6.45) is 0.762. The van der Waals surface area contributed by atoms with Crippen molar-refractivity contribution in [3.63, 3.8) is 0 Å². The van der Waals surface area contributed by atoms with Crippen LogP contribution in [0, 0.1) is 0 Å². The molecular weight excluding hydrogens is 336 g/mol. The molecule has 0 atom stereocenters. The lowest BCUT2D eigenvalue weighted by Crippen LogP contribution is -1.96. The van der Waals surface area contributed by atoms with Crippen molar-refractivity contribution in [1.29, 1.82) is 0 Å². The van der Waals surface area contributed by atoms with Gasteiger partial charge in [-0.15, -0.1) is 0 Å². The van der Waals surface area contributed by atoms with Crippen molar-refractivity contribution in [3.8, 4) is 11.5 Å². The largest absolute Gasteiger partial charge is 0.508 e. The van der Waals surface area contributed by atoms with Gasteiger partial charge in [-0.2, -0.15) is 0 Å². The molecule has 0 amide bonds. The van der Waals surface area contributed by atoms with Gasteiger partial charge < -0.3 is 15.3 Å². The summed E-state index contributed by atoms with van der Waals surface area (Å²) >= 11 is 0. The number of phenolic OH excluding ortho intramolecular Hbond substituents is 2. The summed E-state index contributed by atoms with van der Waals surface area (Å²) in [6.45, 7) is 5.70. The average molecular weight is 358 g/mol. The molecule has 3 rings (SSSR count). The Bertz CT molecular complexity index is 933. The van der Waals surface area contributed by atoms with E-state index in [0.717, 1.165) is 34.3 Å². The van der Waals surface area contributed by atoms with Crippen molar-refractivity contribution >= 4 is 16.9 Å². The third kappa shape index (κ3) is 4.04. The van der Waals surface area contributed by atoms with Gasteiger partial charge in [0.15, 0.2) is 0 Å². The molecule has 27 heavy (non-hydrogen) atoms. The minimum atomic E-state index is 0.0307. The molecule has 3 nitrogen and oxygen atoms in total. The first kappa shape index (κ1) is 18.3. The van der Waals surface area contributed by atoms with E-state index >= 15 is 0 Å². The summed E-state index contributed by atoms with van der Waals surface area (Å²) < 4.78 is 0. The number of phenols is 2. The maximum Gasteiger partial charge on any atom is 0.115 e. The summed E-state index contributed by atoms with van der Waals surface area (Å²) in [7, 11) is 0. The molecule has 0 spiro atoms. The third-order valence-electron chi connectivity index (χ3n) is 4.51. The number of aliphatic hydroxyl groups is 1. The molecule has 0 aromatic heterocycles. The maximum absolute atomic E-state index is 9.77. The number of benzene rings is 3. The highest BCUT2D eigenvalue weighted by Crippen LogP contribution is 2.36. The van der Waals surface area contributed by atoms with E-state index in [-0.39, 0.29) is 17.3 Å². The van der Waals surface area contributed by atoms with Crippen LogP contribution in [-0.4, -0.2) is 15.3 Å². The Morgan fingerprint density at radius 1 is 0.741 bits per heavy atom. The number of allylic oxidation sites excluding steroid dienone is 1. The smallest absolute Gasteiger partial charge is 0.115 e. The maximum atomic E-state index is 9.77. The summed E-state index contributed by atoms with van der Waals surface area (Å²) in [6, 6.07) is 21.8. The lowest BCUT2D eigenvalue weighted by Gasteiger charge is -2.17. The van der Waals surface area contributed by atoms with E-state index in [2.05, 4.69) is 13.5 Å². The third-order valence-corrected chi connectivity index (χ3v) is 4.51. The Morgan fingerprint density at radius 3 is 1.67 bits per heavy atom. The zero-order chi connectivity index (χ0) is 19.4. The molecule has 0 fully saturated rings. The molecule has 3 aromatic rings. The lowest BCUT2D eigenvalue weighted by atomic mass is 9.87. The Morgan fingerprint density at radius 2 is 1.22 bits per heavy atom. The van der Waals surface area contributed by atoms with Crippen LogP contribution in [0.2, 0.25) is 0 Å². The van der Waals surface area contributed by atoms with Crippen LogP contribution in [0.25, 0.3) is 16.9 Å². The van der Waals surface area contributed by atoms with Gasteiger partial charge in [0.05, 0.1) is 0 Å². The fourth-order valence-corrected chi connectivity index (χ4v) is 3.18. The van der Waals surface area contributed by atoms with Crippen LogP contribution in [0.15, 0.2) is 79.4 Å². The van der Waals surface area contributed by atoms with Crippen LogP contribution >= 0.6 is 0 Å². The van der Waals surface area contributed by atoms with Gasteiger partial charge in [-0.1, -0.05) is 56.0 Å². The van der Waals surface area contributed by atoms with Gasteiger partial charge in [-0.3, -0.25) is 0 Å². The van der Waals surface area contributed by atoms with Crippen LogP contribution in [0.4, 0.5) is 0 Å². The van der Waals surface area contributed by atoms with Crippen LogP contribution in [-0.2, 0) is 0 Å². The topological polar surface area (TPSA) is 60.7 Å². The van der Waals surface area contributed by atoms with E-state index in [1.807, 2.05) is 48.5 Å². The van der Waals surface area contributed by atoms with E-state index in [4.69, 9.17) is 0 Å². The number of aliphatic hydroxyl groups excluding tert-OH is 1. The molecule has 0 aliphatic rings. The first-order valence-electron chi connectivity index (χ1n) is 8.80. The zero-order valence-electron chi connectivity index (χ0n) is 15.2. The van der Waals surface area contributed by atoms with E-state index in [0.29, 0.717) is 5.56 Å². The van der Waals surface area contributed by atoms with Crippen LogP contribution in [0.1, 0.15) is 35.6 Å². The van der Waals surface area contributed by atoms with Crippen molar-refractivity contribution in [2.45, 2.75) is 13.3 Å². The minimum absolute atomic E-state index is 0.0307. The molecule has 0 aliphatic carbocycles. The molecule has 3 heteroatoms. The fraction of sp³-hybridized carbons (Fsp3) is 0.0833. The second kappa shape index (κ2) is 7.83. The first-order chi connectivity index (χ1) is 13.0. The highest BCUT2D eigenvalue weighted by Gasteiger charge is 2.14. The average Bonchev–Trinajstić information content (AvgIpc) is 2.68. The predicted octanol–water partition coefficient (Wildman–Crippen LogP) is 6.00. The Labute approximate surface area is 159 Å². The van der Waals surface area contributed by atoms with Crippen molar-refractivity contribution in [2.75, 3.05) is 0 Å². The van der Waals surface area contributed by atoms with Gasteiger partial charge in [-0.25, -0.2) is 0 Å². The second-order valence-electron chi connectivity index (χ2n) is 6.33. The molecule has 3 aromatic carbocycles. The van der Waals surface area contributed by atoms with E-state index < -0.39 is 0 Å². The molecule has 0 radical (unpaired) electrons. The van der Waals surface area contributed by atoms with Gasteiger partial charge in [0.25, 0.3) is 0 Å². The summed E-state index contributed by atoms with van der Waals surface area (Å²) in [5.41, 5.74) is 5.69.